The molecule has 8 nitrogen and oxygen atoms in total. The van der Waals surface area contributed by atoms with Crippen LogP contribution in [0.2, 0.25) is 0 Å². The van der Waals surface area contributed by atoms with Crippen molar-refractivity contribution in [2.24, 2.45) is 11.8 Å². The Labute approximate surface area is 467 Å². The Hall–Kier alpha value is -6.28. The first-order valence-corrected chi connectivity index (χ1v) is 30.1. The van der Waals surface area contributed by atoms with Crippen LogP contribution in [0.3, 0.4) is 0 Å². The molecule has 4 aliphatic heterocycles. The van der Waals surface area contributed by atoms with Crippen molar-refractivity contribution in [1.82, 2.24) is 0 Å². The molecule has 0 saturated carbocycles. The van der Waals surface area contributed by atoms with Crippen molar-refractivity contribution in [3.8, 4) is 11.5 Å². The molecule has 0 N–H and O–H groups in total. The molecule has 0 aromatic heterocycles. The van der Waals surface area contributed by atoms with Gasteiger partial charge in [0.25, 0.3) is 0 Å². The molecule has 5 aromatic carbocycles. The van der Waals surface area contributed by atoms with Gasteiger partial charge in [0.2, 0.25) is 0 Å². The van der Waals surface area contributed by atoms with E-state index in [2.05, 4.69) is 97.1 Å². The van der Waals surface area contributed by atoms with Gasteiger partial charge in [0.05, 0.1) is 37.6 Å². The summed E-state index contributed by atoms with van der Waals surface area (Å²) in [5.41, 5.74) is 4.01. The Morgan fingerprint density at radius 3 is 0.833 bits per heavy atom. The minimum Gasteiger partial charge on any atom is -0.494 e. The summed E-state index contributed by atoms with van der Waals surface area (Å²) < 4.78 is 38.3. The highest BCUT2D eigenvalue weighted by molar-refractivity contribution is 5.91. The van der Waals surface area contributed by atoms with Crippen molar-refractivity contribution in [3.05, 3.63) is 191 Å². The Morgan fingerprint density at radius 1 is 0.308 bits per heavy atom. The zero-order valence-electron chi connectivity index (χ0n) is 47.1. The standard InChI is InChI=1S/C70H88O8/c1-55-65-63(69(77-55,57-37-23-19-24-38-57)58-39-25-20-26-40-58)45-31-13-11-9-7-5-3-4-6-8-10-12-14-32-46-64-66(56(2)78-70(64,59-41-27-21-28-42-59)60-43-29-22-30-44-60)68(72)76-54-36-18-16-34-52-74-62-49-47-61(48-50-62)73-51-33-15-17-35-53-75-67(65)71/h19-30,37-44,47-50,63-64H,3-18,31-36,45-46,51-54H2,1-2H3. The molecule has 2 unspecified atom stereocenters. The summed E-state index contributed by atoms with van der Waals surface area (Å²) in [7, 11) is 0. The highest BCUT2D eigenvalue weighted by atomic mass is 16.5. The third-order valence-electron chi connectivity index (χ3n) is 16.5. The van der Waals surface area contributed by atoms with Gasteiger partial charge in [-0.15, -0.1) is 0 Å². The summed E-state index contributed by atoms with van der Waals surface area (Å²) >= 11 is 0. The van der Waals surface area contributed by atoms with Crippen LogP contribution in [0.15, 0.2) is 168 Å². The predicted octanol–water partition coefficient (Wildman–Crippen LogP) is 17.6. The summed E-state index contributed by atoms with van der Waals surface area (Å²) in [6.07, 6.45) is 25.7. The number of allylic oxidation sites excluding steroid dienone is 2. The van der Waals surface area contributed by atoms with Crippen LogP contribution < -0.4 is 9.47 Å². The van der Waals surface area contributed by atoms with Gasteiger partial charge < -0.3 is 28.4 Å². The molecule has 9 rings (SSSR count). The number of ether oxygens (including phenoxy) is 6. The van der Waals surface area contributed by atoms with Gasteiger partial charge in [-0.1, -0.05) is 211 Å². The van der Waals surface area contributed by atoms with Crippen LogP contribution in [0.5, 0.6) is 11.5 Å². The lowest BCUT2D eigenvalue weighted by atomic mass is 9.72. The highest BCUT2D eigenvalue weighted by Crippen LogP contribution is 2.55. The number of fused-ring (bicyclic) bond motifs is 33. The van der Waals surface area contributed by atoms with E-state index in [1.807, 2.05) is 62.4 Å². The third-order valence-corrected chi connectivity index (χ3v) is 16.5. The Bertz CT molecular complexity index is 2350. The van der Waals surface area contributed by atoms with E-state index in [1.165, 1.54) is 64.2 Å². The lowest BCUT2D eigenvalue weighted by Crippen LogP contribution is -2.37. The molecule has 0 amide bonds. The second kappa shape index (κ2) is 30.8. The summed E-state index contributed by atoms with van der Waals surface area (Å²) in [4.78, 5) is 28.3. The number of hydrogen-bond acceptors (Lipinski definition) is 8. The molecule has 2 bridgehead atoms. The van der Waals surface area contributed by atoms with Gasteiger partial charge in [0, 0.05) is 34.1 Å². The quantitative estimate of drug-likeness (QED) is 0.165. The lowest BCUT2D eigenvalue weighted by molar-refractivity contribution is -0.140. The topological polar surface area (TPSA) is 89.5 Å². The minimum atomic E-state index is -0.805. The van der Waals surface area contributed by atoms with Crippen molar-refractivity contribution in [3.63, 3.8) is 0 Å². The molecule has 416 valence electrons. The zero-order chi connectivity index (χ0) is 54.1. The number of hydrogen-bond donors (Lipinski definition) is 0. The van der Waals surface area contributed by atoms with Crippen LogP contribution in [-0.2, 0) is 39.7 Å². The van der Waals surface area contributed by atoms with Crippen LogP contribution in [0.4, 0.5) is 0 Å². The molecule has 0 saturated heterocycles. The molecule has 0 spiro atoms. The predicted molar refractivity (Wildman–Crippen MR) is 312 cm³/mol. The van der Waals surface area contributed by atoms with Crippen LogP contribution in [0.25, 0.3) is 0 Å². The van der Waals surface area contributed by atoms with Crippen molar-refractivity contribution >= 4 is 11.9 Å². The van der Waals surface area contributed by atoms with Crippen LogP contribution in [0.1, 0.15) is 190 Å². The minimum absolute atomic E-state index is 0.169. The summed E-state index contributed by atoms with van der Waals surface area (Å²) in [5, 5.41) is 0. The van der Waals surface area contributed by atoms with Crippen LogP contribution in [-0.4, -0.2) is 38.4 Å². The van der Waals surface area contributed by atoms with E-state index in [-0.39, 0.29) is 23.8 Å². The number of benzene rings is 5. The molecular weight excluding hydrogens is 969 g/mol. The van der Waals surface area contributed by atoms with Crippen LogP contribution in [0, 0.1) is 11.8 Å². The van der Waals surface area contributed by atoms with E-state index < -0.39 is 11.2 Å². The second-order valence-corrected chi connectivity index (χ2v) is 22.0. The maximum atomic E-state index is 14.2. The van der Waals surface area contributed by atoms with E-state index in [0.29, 0.717) is 49.1 Å². The molecule has 2 atom stereocenters. The van der Waals surface area contributed by atoms with Gasteiger partial charge >= 0.3 is 11.9 Å². The van der Waals surface area contributed by atoms with Gasteiger partial charge in [0.1, 0.15) is 23.0 Å². The molecule has 5 aromatic rings. The van der Waals surface area contributed by atoms with Crippen LogP contribution >= 0.6 is 0 Å². The summed E-state index contributed by atoms with van der Waals surface area (Å²) in [6, 6.07) is 49.7. The Morgan fingerprint density at radius 2 is 0.551 bits per heavy atom. The largest absolute Gasteiger partial charge is 0.494 e. The summed E-state index contributed by atoms with van der Waals surface area (Å²) in [5.74, 6) is 2.14. The second-order valence-electron chi connectivity index (χ2n) is 22.0. The first kappa shape index (κ1) is 57.9. The maximum Gasteiger partial charge on any atom is 0.337 e. The number of esters is 2. The van der Waals surface area contributed by atoms with Gasteiger partial charge in [-0.25, -0.2) is 9.59 Å². The molecule has 4 aliphatic rings. The van der Waals surface area contributed by atoms with E-state index in [1.54, 1.807) is 0 Å². The molecule has 0 radical (unpaired) electrons. The normalized spacial score (nSPS) is 21.8. The van der Waals surface area contributed by atoms with Crippen molar-refractivity contribution in [1.29, 1.82) is 0 Å². The number of rotatable bonds is 4. The monoisotopic (exact) mass is 1060 g/mol. The smallest absolute Gasteiger partial charge is 0.337 e. The number of carbonyl (C=O) groups is 2. The van der Waals surface area contributed by atoms with Gasteiger partial charge in [-0.3, -0.25) is 0 Å². The average molecular weight is 1060 g/mol. The highest BCUT2D eigenvalue weighted by Gasteiger charge is 2.54. The number of carbonyl (C=O) groups excluding carboxylic acids is 2. The third kappa shape index (κ3) is 15.3. The van der Waals surface area contributed by atoms with E-state index in [0.717, 1.165) is 124 Å². The Balaban J connectivity index is 0.872. The van der Waals surface area contributed by atoms with Gasteiger partial charge in [-0.2, -0.15) is 0 Å². The summed E-state index contributed by atoms with van der Waals surface area (Å²) in [6.45, 7) is 5.90. The van der Waals surface area contributed by atoms with Crippen molar-refractivity contribution < 1.29 is 38.0 Å². The molecule has 4 heterocycles. The van der Waals surface area contributed by atoms with Gasteiger partial charge in [-0.05, 0) is 102 Å². The first-order chi connectivity index (χ1) is 38.4. The maximum absolute atomic E-state index is 14.2. The SMILES string of the molecule is CC1=C2C(=O)OCCCCCCOc3ccc(cc3)OCCCCCCOC(=O)C3=C(C)OC(c4ccccc4)(c4ccccc4)C3CCCCCCCCCCCCCCCCC2C(c2ccccc2)(c2ccccc2)O1. The fourth-order valence-electron chi connectivity index (χ4n) is 12.4. The molecule has 0 aliphatic carbocycles. The van der Waals surface area contributed by atoms with E-state index in [4.69, 9.17) is 28.4 Å². The van der Waals surface area contributed by atoms with Gasteiger partial charge in [0.15, 0.2) is 11.2 Å². The Kier molecular flexibility index (Phi) is 22.8. The fourth-order valence-corrected chi connectivity index (χ4v) is 12.4. The fraction of sp³-hybridized carbons (Fsp3) is 0.486. The lowest BCUT2D eigenvalue weighted by Gasteiger charge is -2.37. The molecular formula is C70H88O8. The molecule has 8 heteroatoms. The zero-order valence-corrected chi connectivity index (χ0v) is 47.1. The van der Waals surface area contributed by atoms with Crippen molar-refractivity contribution in [2.45, 2.75) is 179 Å². The first-order valence-electron chi connectivity index (χ1n) is 30.1. The van der Waals surface area contributed by atoms with Crippen molar-refractivity contribution in [2.75, 3.05) is 26.4 Å². The van der Waals surface area contributed by atoms with E-state index in [9.17, 15) is 9.59 Å². The average Bonchev–Trinajstić information content (AvgIpc) is 4.19. The molecule has 0 fully saturated rings. The molecule has 78 heavy (non-hydrogen) atoms. The van der Waals surface area contributed by atoms with E-state index >= 15 is 0 Å².